The lowest BCUT2D eigenvalue weighted by atomic mass is 10.1. The summed E-state index contributed by atoms with van der Waals surface area (Å²) in [5.41, 5.74) is 1.41. The summed E-state index contributed by atoms with van der Waals surface area (Å²) in [5, 5.41) is 8.08. The predicted octanol–water partition coefficient (Wildman–Crippen LogP) is 2.29. The zero-order chi connectivity index (χ0) is 10.8. The van der Waals surface area contributed by atoms with Crippen molar-refractivity contribution in [1.82, 2.24) is 15.1 Å². The van der Waals surface area contributed by atoms with E-state index in [4.69, 9.17) is 0 Å². The quantitative estimate of drug-likeness (QED) is 0.845. The largest absolute Gasteiger partial charge is 0.314 e. The smallest absolute Gasteiger partial charge is 0.0522 e. The standard InChI is InChI=1S/C13H21N3/c1-2-6-13(5-1)16-10-11(9-15-16)8-12-4-3-7-14-12/h9-10,12-14H,1-8H2. The van der Waals surface area contributed by atoms with Gasteiger partial charge in [-0.25, -0.2) is 0 Å². The van der Waals surface area contributed by atoms with Crippen LogP contribution in [-0.2, 0) is 6.42 Å². The highest BCUT2D eigenvalue weighted by molar-refractivity contribution is 5.07. The highest BCUT2D eigenvalue weighted by Crippen LogP contribution is 2.29. The van der Waals surface area contributed by atoms with Crippen LogP contribution in [0.5, 0.6) is 0 Å². The molecule has 1 saturated heterocycles. The molecule has 1 aromatic heterocycles. The Morgan fingerprint density at radius 1 is 1.25 bits per heavy atom. The molecule has 0 amide bonds. The van der Waals surface area contributed by atoms with E-state index in [1.54, 1.807) is 0 Å². The second kappa shape index (κ2) is 4.58. The number of hydrogen-bond donors (Lipinski definition) is 1. The van der Waals surface area contributed by atoms with E-state index in [2.05, 4.69) is 27.5 Å². The molecule has 0 bridgehead atoms. The van der Waals surface area contributed by atoms with E-state index < -0.39 is 0 Å². The molecule has 3 heteroatoms. The highest BCUT2D eigenvalue weighted by Gasteiger charge is 2.19. The Morgan fingerprint density at radius 3 is 2.88 bits per heavy atom. The van der Waals surface area contributed by atoms with Crippen molar-refractivity contribution in [2.45, 2.75) is 57.0 Å². The van der Waals surface area contributed by atoms with E-state index in [0.717, 1.165) is 6.42 Å². The Hall–Kier alpha value is -0.830. The molecule has 1 N–H and O–H groups in total. The van der Waals surface area contributed by atoms with E-state index >= 15 is 0 Å². The summed E-state index contributed by atoms with van der Waals surface area (Å²) in [6.45, 7) is 1.20. The van der Waals surface area contributed by atoms with Crippen molar-refractivity contribution in [3.05, 3.63) is 18.0 Å². The van der Waals surface area contributed by atoms with Crippen LogP contribution < -0.4 is 5.32 Å². The van der Waals surface area contributed by atoms with Crippen LogP contribution >= 0.6 is 0 Å². The molecular formula is C13H21N3. The van der Waals surface area contributed by atoms with Gasteiger partial charge in [-0.1, -0.05) is 12.8 Å². The molecule has 2 aliphatic rings. The molecule has 88 valence electrons. The first-order valence-electron chi connectivity index (χ1n) is 6.68. The maximum absolute atomic E-state index is 4.53. The molecule has 1 atom stereocenters. The molecule has 16 heavy (non-hydrogen) atoms. The average molecular weight is 219 g/mol. The Balaban J connectivity index is 1.62. The Labute approximate surface area is 97.2 Å². The number of aromatic nitrogens is 2. The fourth-order valence-electron chi connectivity index (χ4n) is 3.07. The number of rotatable bonds is 3. The van der Waals surface area contributed by atoms with E-state index in [1.165, 1.54) is 50.6 Å². The van der Waals surface area contributed by atoms with Gasteiger partial charge >= 0.3 is 0 Å². The molecule has 0 radical (unpaired) electrons. The van der Waals surface area contributed by atoms with Crippen LogP contribution in [-0.4, -0.2) is 22.4 Å². The molecule has 0 spiro atoms. The van der Waals surface area contributed by atoms with Crippen LogP contribution in [0.3, 0.4) is 0 Å². The van der Waals surface area contributed by atoms with E-state index in [1.807, 2.05) is 0 Å². The van der Waals surface area contributed by atoms with E-state index in [9.17, 15) is 0 Å². The number of nitrogens with zero attached hydrogens (tertiary/aromatic N) is 2. The molecule has 2 fully saturated rings. The lowest BCUT2D eigenvalue weighted by Crippen LogP contribution is -2.23. The van der Waals surface area contributed by atoms with Gasteiger partial charge in [0, 0.05) is 12.2 Å². The Kier molecular flexibility index (Phi) is 2.96. The maximum atomic E-state index is 4.53. The maximum Gasteiger partial charge on any atom is 0.0522 e. The van der Waals surface area contributed by atoms with Crippen LogP contribution in [0.25, 0.3) is 0 Å². The van der Waals surface area contributed by atoms with Crippen molar-refractivity contribution in [2.75, 3.05) is 6.54 Å². The van der Waals surface area contributed by atoms with Gasteiger partial charge < -0.3 is 5.32 Å². The van der Waals surface area contributed by atoms with Gasteiger partial charge in [-0.05, 0) is 44.2 Å². The molecular weight excluding hydrogens is 198 g/mol. The third-order valence-electron chi connectivity index (χ3n) is 4.00. The lowest BCUT2D eigenvalue weighted by molar-refractivity contribution is 0.466. The minimum absolute atomic E-state index is 0.685. The van der Waals surface area contributed by atoms with Crippen molar-refractivity contribution >= 4 is 0 Å². The molecule has 1 saturated carbocycles. The Bertz CT molecular complexity index is 333. The summed E-state index contributed by atoms with van der Waals surface area (Å²) >= 11 is 0. The summed E-state index contributed by atoms with van der Waals surface area (Å²) < 4.78 is 2.21. The predicted molar refractivity (Wildman–Crippen MR) is 64.5 cm³/mol. The first-order valence-corrected chi connectivity index (χ1v) is 6.68. The zero-order valence-electron chi connectivity index (χ0n) is 9.86. The minimum Gasteiger partial charge on any atom is -0.314 e. The normalized spacial score (nSPS) is 26.6. The van der Waals surface area contributed by atoms with Gasteiger partial charge in [0.1, 0.15) is 0 Å². The molecule has 2 heterocycles. The number of nitrogens with one attached hydrogen (secondary N) is 1. The first kappa shape index (κ1) is 10.3. The zero-order valence-corrected chi connectivity index (χ0v) is 9.86. The lowest BCUT2D eigenvalue weighted by Gasteiger charge is -2.09. The van der Waals surface area contributed by atoms with Gasteiger partial charge in [-0.2, -0.15) is 5.10 Å². The summed E-state index contributed by atoms with van der Waals surface area (Å²) in [6, 6.07) is 1.38. The topological polar surface area (TPSA) is 29.9 Å². The summed E-state index contributed by atoms with van der Waals surface area (Å²) in [7, 11) is 0. The minimum atomic E-state index is 0.685. The van der Waals surface area contributed by atoms with Crippen LogP contribution in [0.2, 0.25) is 0 Å². The van der Waals surface area contributed by atoms with Gasteiger partial charge in [-0.3, -0.25) is 4.68 Å². The van der Waals surface area contributed by atoms with Gasteiger partial charge in [0.25, 0.3) is 0 Å². The Morgan fingerprint density at radius 2 is 2.12 bits per heavy atom. The first-order chi connectivity index (χ1) is 7.92. The third kappa shape index (κ3) is 2.14. The van der Waals surface area contributed by atoms with Crippen molar-refractivity contribution in [2.24, 2.45) is 0 Å². The van der Waals surface area contributed by atoms with Gasteiger partial charge in [0.2, 0.25) is 0 Å². The van der Waals surface area contributed by atoms with E-state index in [0.29, 0.717) is 12.1 Å². The third-order valence-corrected chi connectivity index (χ3v) is 4.00. The second-order valence-corrected chi connectivity index (χ2v) is 5.26. The van der Waals surface area contributed by atoms with Crippen LogP contribution in [0, 0.1) is 0 Å². The molecule has 3 rings (SSSR count). The van der Waals surface area contributed by atoms with Gasteiger partial charge in [0.15, 0.2) is 0 Å². The molecule has 1 aliphatic heterocycles. The summed E-state index contributed by atoms with van der Waals surface area (Å²) in [5.74, 6) is 0. The average Bonchev–Trinajstić information content (AvgIpc) is 2.99. The summed E-state index contributed by atoms with van der Waals surface area (Å²) in [6.07, 6.45) is 13.6. The molecule has 3 nitrogen and oxygen atoms in total. The van der Waals surface area contributed by atoms with Crippen LogP contribution in [0.15, 0.2) is 12.4 Å². The molecule has 1 aliphatic carbocycles. The van der Waals surface area contributed by atoms with Crippen molar-refractivity contribution < 1.29 is 0 Å². The van der Waals surface area contributed by atoms with Crippen molar-refractivity contribution in [3.63, 3.8) is 0 Å². The van der Waals surface area contributed by atoms with E-state index in [-0.39, 0.29) is 0 Å². The number of hydrogen-bond acceptors (Lipinski definition) is 2. The van der Waals surface area contributed by atoms with Crippen LogP contribution in [0.4, 0.5) is 0 Å². The fraction of sp³-hybridized carbons (Fsp3) is 0.769. The fourth-order valence-corrected chi connectivity index (χ4v) is 3.07. The molecule has 0 aromatic carbocycles. The molecule has 1 aromatic rings. The molecule has 1 unspecified atom stereocenters. The second-order valence-electron chi connectivity index (χ2n) is 5.26. The summed E-state index contributed by atoms with van der Waals surface area (Å²) in [4.78, 5) is 0. The van der Waals surface area contributed by atoms with Crippen LogP contribution in [0.1, 0.15) is 50.1 Å². The van der Waals surface area contributed by atoms with Gasteiger partial charge in [-0.15, -0.1) is 0 Å². The highest BCUT2D eigenvalue weighted by atomic mass is 15.3. The van der Waals surface area contributed by atoms with Gasteiger partial charge in [0.05, 0.1) is 12.2 Å². The van der Waals surface area contributed by atoms with Crippen molar-refractivity contribution in [3.8, 4) is 0 Å². The monoisotopic (exact) mass is 219 g/mol. The SMILES string of the molecule is c1nn(C2CCCC2)cc1CC1CCCN1. The van der Waals surface area contributed by atoms with Crippen molar-refractivity contribution in [1.29, 1.82) is 0 Å².